The molecule has 0 bridgehead atoms. The third-order valence-corrected chi connectivity index (χ3v) is 13.9. The Bertz CT molecular complexity index is 982. The van der Waals surface area contributed by atoms with Crippen LogP contribution in [0.15, 0.2) is 0 Å². The number of hydrogen-bond acceptors (Lipinski definition) is 6. The van der Waals surface area contributed by atoms with Gasteiger partial charge in [-0.15, -0.1) is 0 Å². The van der Waals surface area contributed by atoms with Gasteiger partial charge in [0.2, 0.25) is 0 Å². The van der Waals surface area contributed by atoms with E-state index in [0.717, 1.165) is 64.2 Å². The molecule has 1 atom stereocenters. The molecule has 0 rings (SSSR count). The number of ether oxygens (including phenoxy) is 3. The summed E-state index contributed by atoms with van der Waals surface area (Å²) in [4.78, 5) is 37.6. The van der Waals surface area contributed by atoms with Gasteiger partial charge in [-0.3, -0.25) is 14.4 Å². The highest BCUT2D eigenvalue weighted by Crippen LogP contribution is 2.18. The molecule has 0 N–H and O–H groups in total. The largest absolute Gasteiger partial charge is 0.462 e. The Labute approximate surface area is 412 Å². The third-order valence-electron chi connectivity index (χ3n) is 13.9. The molecule has 0 aromatic heterocycles. The van der Waals surface area contributed by atoms with Crippen molar-refractivity contribution in [2.75, 3.05) is 13.2 Å². The van der Waals surface area contributed by atoms with Crippen LogP contribution in [0.1, 0.15) is 348 Å². The average molecular weight is 934 g/mol. The topological polar surface area (TPSA) is 78.9 Å². The molecule has 0 aromatic carbocycles. The molecule has 6 heteroatoms. The smallest absolute Gasteiger partial charge is 0.306 e. The van der Waals surface area contributed by atoms with Crippen LogP contribution in [0.3, 0.4) is 0 Å². The number of carbonyl (C=O) groups excluding carboxylic acids is 3. The molecule has 66 heavy (non-hydrogen) atoms. The van der Waals surface area contributed by atoms with Crippen LogP contribution in [-0.2, 0) is 28.6 Å². The summed E-state index contributed by atoms with van der Waals surface area (Å²) in [6.07, 6.45) is 63.4. The van der Waals surface area contributed by atoms with Gasteiger partial charge in [0, 0.05) is 19.3 Å². The minimum atomic E-state index is -0.757. The van der Waals surface area contributed by atoms with E-state index in [0.29, 0.717) is 19.3 Å². The average Bonchev–Trinajstić information content (AvgIpc) is 3.31. The fraction of sp³-hybridized carbons (Fsp3) is 0.950. The second-order valence-electron chi connectivity index (χ2n) is 20.6. The maximum Gasteiger partial charge on any atom is 0.306 e. The second kappa shape index (κ2) is 56.0. The number of hydrogen-bond donors (Lipinski definition) is 0. The van der Waals surface area contributed by atoms with E-state index >= 15 is 0 Å². The van der Waals surface area contributed by atoms with Crippen LogP contribution in [0.4, 0.5) is 0 Å². The molecule has 0 saturated carbocycles. The lowest BCUT2D eigenvalue weighted by Crippen LogP contribution is -2.30. The van der Waals surface area contributed by atoms with E-state index in [1.807, 2.05) is 0 Å². The summed E-state index contributed by atoms with van der Waals surface area (Å²) in [7, 11) is 0. The zero-order chi connectivity index (χ0) is 47.9. The molecule has 0 aliphatic heterocycles. The van der Waals surface area contributed by atoms with Crippen molar-refractivity contribution in [3.8, 4) is 0 Å². The van der Waals surface area contributed by atoms with Crippen LogP contribution in [-0.4, -0.2) is 37.2 Å². The Kier molecular flexibility index (Phi) is 54.7. The first-order chi connectivity index (χ1) is 32.5. The number of unbranched alkanes of at least 4 members (excludes halogenated alkanes) is 45. The summed E-state index contributed by atoms with van der Waals surface area (Å²) in [5.41, 5.74) is 0. The van der Waals surface area contributed by atoms with Crippen LogP contribution < -0.4 is 0 Å². The highest BCUT2D eigenvalue weighted by molar-refractivity contribution is 5.71. The summed E-state index contributed by atoms with van der Waals surface area (Å²) >= 11 is 0. The van der Waals surface area contributed by atoms with Gasteiger partial charge < -0.3 is 14.2 Å². The summed E-state index contributed by atoms with van der Waals surface area (Å²) in [6, 6.07) is 0. The Morgan fingerprint density at radius 3 is 0.606 bits per heavy atom. The molecule has 0 spiro atoms. The molecule has 0 heterocycles. The maximum atomic E-state index is 12.6. The lowest BCUT2D eigenvalue weighted by Gasteiger charge is -2.18. The normalized spacial score (nSPS) is 11.9. The summed E-state index contributed by atoms with van der Waals surface area (Å²) in [5.74, 6) is -0.862. The SMILES string of the molecule is CCCCCCCCCCCCCCCCCCCCCCCCCCCCCCCCCCCCC(=O)OCC(COC(=O)CCCCCCC)OC(=O)CCCCCCCCCCC. The van der Waals surface area contributed by atoms with Crippen molar-refractivity contribution in [3.63, 3.8) is 0 Å². The van der Waals surface area contributed by atoms with Gasteiger partial charge in [0.1, 0.15) is 13.2 Å². The van der Waals surface area contributed by atoms with Crippen molar-refractivity contribution >= 4 is 17.9 Å². The molecule has 1 unspecified atom stereocenters. The van der Waals surface area contributed by atoms with Crippen molar-refractivity contribution < 1.29 is 28.6 Å². The highest BCUT2D eigenvalue weighted by Gasteiger charge is 2.19. The van der Waals surface area contributed by atoms with Crippen molar-refractivity contribution in [1.82, 2.24) is 0 Å². The quantitative estimate of drug-likeness (QED) is 0.0343. The van der Waals surface area contributed by atoms with E-state index in [1.54, 1.807) is 0 Å². The Morgan fingerprint density at radius 1 is 0.242 bits per heavy atom. The van der Waals surface area contributed by atoms with Gasteiger partial charge in [0.15, 0.2) is 6.10 Å². The Balaban J connectivity index is 3.72. The van der Waals surface area contributed by atoms with Crippen molar-refractivity contribution in [3.05, 3.63) is 0 Å². The van der Waals surface area contributed by atoms with Gasteiger partial charge in [-0.25, -0.2) is 0 Å². The molecule has 0 fully saturated rings. The fourth-order valence-corrected chi connectivity index (χ4v) is 9.33. The number of rotatable bonds is 56. The number of carbonyl (C=O) groups is 3. The lowest BCUT2D eigenvalue weighted by molar-refractivity contribution is -0.167. The minimum absolute atomic E-state index is 0.0637. The first-order valence-corrected chi connectivity index (χ1v) is 30.0. The lowest BCUT2D eigenvalue weighted by atomic mass is 10.0. The van der Waals surface area contributed by atoms with Crippen molar-refractivity contribution in [2.24, 2.45) is 0 Å². The predicted octanol–water partition coefficient (Wildman–Crippen LogP) is 19.9. The van der Waals surface area contributed by atoms with Gasteiger partial charge in [-0.05, 0) is 19.3 Å². The Morgan fingerprint density at radius 2 is 0.409 bits per heavy atom. The van der Waals surface area contributed by atoms with E-state index in [-0.39, 0.29) is 31.1 Å². The summed E-state index contributed by atoms with van der Waals surface area (Å²) < 4.78 is 16.6. The molecule has 0 aliphatic carbocycles. The molecule has 0 saturated heterocycles. The van der Waals surface area contributed by atoms with E-state index in [2.05, 4.69) is 20.8 Å². The van der Waals surface area contributed by atoms with Crippen molar-refractivity contribution in [2.45, 2.75) is 354 Å². The van der Waals surface area contributed by atoms with Crippen LogP contribution in [0.2, 0.25) is 0 Å². The van der Waals surface area contributed by atoms with Crippen LogP contribution in [0, 0.1) is 0 Å². The van der Waals surface area contributed by atoms with Gasteiger partial charge in [0.05, 0.1) is 0 Å². The standard InChI is InChI=1S/C60H116O6/c1-4-7-10-13-15-17-18-19-20-21-22-23-24-25-26-27-28-29-30-31-32-33-34-35-36-37-38-39-40-41-43-44-47-50-53-59(62)65-56-57(55-64-58(61)52-49-46-12-9-6-3)66-60(63)54-51-48-45-42-16-14-11-8-5-2/h57H,4-56H2,1-3H3. The first-order valence-electron chi connectivity index (χ1n) is 30.0. The van der Waals surface area contributed by atoms with Gasteiger partial charge >= 0.3 is 17.9 Å². The number of esters is 3. The molecule has 6 nitrogen and oxygen atoms in total. The van der Waals surface area contributed by atoms with E-state index in [4.69, 9.17) is 14.2 Å². The molecule has 392 valence electrons. The van der Waals surface area contributed by atoms with Crippen molar-refractivity contribution in [1.29, 1.82) is 0 Å². The minimum Gasteiger partial charge on any atom is -0.462 e. The van der Waals surface area contributed by atoms with Gasteiger partial charge in [-0.1, -0.05) is 310 Å². The molecule has 0 amide bonds. The monoisotopic (exact) mass is 933 g/mol. The predicted molar refractivity (Wildman–Crippen MR) is 284 cm³/mol. The van der Waals surface area contributed by atoms with E-state index < -0.39 is 6.10 Å². The molecule has 0 aliphatic rings. The Hall–Kier alpha value is -1.59. The fourth-order valence-electron chi connectivity index (χ4n) is 9.33. The van der Waals surface area contributed by atoms with Gasteiger partial charge in [0.25, 0.3) is 0 Å². The van der Waals surface area contributed by atoms with Crippen LogP contribution >= 0.6 is 0 Å². The maximum absolute atomic E-state index is 12.6. The van der Waals surface area contributed by atoms with E-state index in [9.17, 15) is 14.4 Å². The first kappa shape index (κ1) is 64.4. The molecular formula is C60H116O6. The summed E-state index contributed by atoms with van der Waals surface area (Å²) in [5, 5.41) is 0. The van der Waals surface area contributed by atoms with E-state index in [1.165, 1.54) is 244 Å². The second-order valence-corrected chi connectivity index (χ2v) is 20.6. The third kappa shape index (κ3) is 53.4. The zero-order valence-corrected chi connectivity index (χ0v) is 45.0. The zero-order valence-electron chi connectivity index (χ0n) is 45.0. The molecule has 0 aromatic rings. The molecular weight excluding hydrogens is 817 g/mol. The van der Waals surface area contributed by atoms with Crippen LogP contribution in [0.25, 0.3) is 0 Å². The van der Waals surface area contributed by atoms with Gasteiger partial charge in [-0.2, -0.15) is 0 Å². The highest BCUT2D eigenvalue weighted by atomic mass is 16.6. The molecule has 0 radical (unpaired) electrons. The summed E-state index contributed by atoms with van der Waals surface area (Å²) in [6.45, 7) is 6.58. The van der Waals surface area contributed by atoms with Crippen LogP contribution in [0.5, 0.6) is 0 Å².